The Bertz CT molecular complexity index is 1130. The highest BCUT2D eigenvalue weighted by molar-refractivity contribution is 5.88. The molecule has 170 valence electrons. The largest absolute Gasteiger partial charge is 0.478 e. The first-order valence-electron chi connectivity index (χ1n) is 11.8. The van der Waals surface area contributed by atoms with Crippen molar-refractivity contribution < 1.29 is 9.90 Å². The zero-order valence-corrected chi connectivity index (χ0v) is 20.1. The molecule has 2 heteroatoms. The van der Waals surface area contributed by atoms with Crippen LogP contribution >= 0.6 is 0 Å². The Morgan fingerprint density at radius 1 is 0.879 bits per heavy atom. The summed E-state index contributed by atoms with van der Waals surface area (Å²) in [5.74, 6) is -0.905. The summed E-state index contributed by atoms with van der Waals surface area (Å²) in [6.07, 6.45) is 10.1. The van der Waals surface area contributed by atoms with Crippen LogP contribution in [0.1, 0.15) is 85.1 Å². The molecule has 1 aliphatic rings. The molecule has 1 N–H and O–H groups in total. The average molecular weight is 439 g/mol. The van der Waals surface area contributed by atoms with Gasteiger partial charge in [-0.25, -0.2) is 4.79 Å². The predicted octanol–water partition coefficient (Wildman–Crippen LogP) is 8.47. The van der Waals surface area contributed by atoms with E-state index < -0.39 is 5.97 Å². The van der Waals surface area contributed by atoms with Crippen LogP contribution in [0.15, 0.2) is 78.9 Å². The molecule has 4 rings (SSSR count). The van der Waals surface area contributed by atoms with Crippen LogP contribution in [-0.4, -0.2) is 11.1 Å². The second kappa shape index (κ2) is 11.0. The summed E-state index contributed by atoms with van der Waals surface area (Å²) in [6.45, 7) is 8.95. The number of aromatic carboxylic acids is 1. The van der Waals surface area contributed by atoms with Gasteiger partial charge in [0.25, 0.3) is 0 Å². The molecular formula is C31H34O2. The molecule has 0 fully saturated rings. The highest BCUT2D eigenvalue weighted by atomic mass is 16.4. The van der Waals surface area contributed by atoms with E-state index in [1.54, 1.807) is 12.1 Å². The first kappa shape index (κ1) is 24.3. The van der Waals surface area contributed by atoms with Gasteiger partial charge in [-0.15, -0.1) is 0 Å². The van der Waals surface area contributed by atoms with Crippen molar-refractivity contribution >= 4 is 23.7 Å². The Morgan fingerprint density at radius 3 is 2.09 bits per heavy atom. The molecule has 0 saturated heterocycles. The second-order valence-corrected chi connectivity index (χ2v) is 9.14. The summed E-state index contributed by atoms with van der Waals surface area (Å²) in [4.78, 5) is 11.0. The number of rotatable bonds is 5. The molecule has 0 aliphatic heterocycles. The van der Waals surface area contributed by atoms with Crippen LogP contribution in [0.5, 0.6) is 0 Å². The molecule has 0 amide bonds. The lowest BCUT2D eigenvalue weighted by molar-refractivity contribution is 0.0697. The minimum Gasteiger partial charge on any atom is -0.478 e. The third-order valence-corrected chi connectivity index (χ3v) is 6.09. The number of hydrogen-bond donors (Lipinski definition) is 1. The Hall–Kier alpha value is -3.39. The Balaban J connectivity index is 0.000000709. The number of allylic oxidation sites excluding steroid dienone is 1. The van der Waals surface area contributed by atoms with Crippen LogP contribution in [0.4, 0.5) is 0 Å². The van der Waals surface area contributed by atoms with Gasteiger partial charge in [0.05, 0.1) is 5.56 Å². The van der Waals surface area contributed by atoms with E-state index in [-0.39, 0.29) is 5.41 Å². The van der Waals surface area contributed by atoms with Gasteiger partial charge < -0.3 is 5.11 Å². The van der Waals surface area contributed by atoms with Gasteiger partial charge in [0, 0.05) is 0 Å². The van der Waals surface area contributed by atoms with Crippen molar-refractivity contribution in [3.05, 3.63) is 112 Å². The van der Waals surface area contributed by atoms with Crippen molar-refractivity contribution in [2.24, 2.45) is 0 Å². The van der Waals surface area contributed by atoms with Gasteiger partial charge in [-0.3, -0.25) is 0 Å². The molecule has 0 atom stereocenters. The van der Waals surface area contributed by atoms with Gasteiger partial charge >= 0.3 is 5.97 Å². The van der Waals surface area contributed by atoms with E-state index >= 15 is 0 Å². The molecule has 3 aromatic rings. The number of carboxylic acids is 1. The van der Waals surface area contributed by atoms with Gasteiger partial charge in [-0.2, -0.15) is 0 Å². The number of unbranched alkanes of at least 4 members (excludes halogenated alkanes) is 1. The summed E-state index contributed by atoms with van der Waals surface area (Å²) in [5, 5.41) is 9.03. The smallest absolute Gasteiger partial charge is 0.335 e. The van der Waals surface area contributed by atoms with E-state index in [9.17, 15) is 4.79 Å². The van der Waals surface area contributed by atoms with Crippen molar-refractivity contribution in [3.8, 4) is 0 Å². The van der Waals surface area contributed by atoms with Gasteiger partial charge in [-0.05, 0) is 63.4 Å². The lowest BCUT2D eigenvalue weighted by atomic mass is 9.72. The zero-order valence-electron chi connectivity index (χ0n) is 20.1. The van der Waals surface area contributed by atoms with Gasteiger partial charge in [-0.1, -0.05) is 113 Å². The number of fused-ring (bicyclic) bond motifs is 1. The molecule has 0 spiro atoms. The second-order valence-electron chi connectivity index (χ2n) is 9.14. The fourth-order valence-electron chi connectivity index (χ4n) is 3.88. The van der Waals surface area contributed by atoms with E-state index in [0.717, 1.165) is 17.5 Å². The summed E-state index contributed by atoms with van der Waals surface area (Å²) in [5.41, 5.74) is 7.73. The highest BCUT2D eigenvalue weighted by Crippen LogP contribution is 2.41. The molecular weight excluding hydrogens is 404 g/mol. The third-order valence-electron chi connectivity index (χ3n) is 6.09. The van der Waals surface area contributed by atoms with E-state index in [0.29, 0.717) is 5.56 Å². The number of carboxylic acid groups (broad SMARTS) is 1. The molecule has 0 radical (unpaired) electrons. The van der Waals surface area contributed by atoms with Crippen molar-refractivity contribution in [1.82, 2.24) is 0 Å². The average Bonchev–Trinajstić information content (AvgIpc) is 2.83. The molecule has 0 saturated carbocycles. The van der Waals surface area contributed by atoms with Crippen LogP contribution < -0.4 is 0 Å². The topological polar surface area (TPSA) is 37.3 Å². The fraction of sp³-hybridized carbons (Fsp3) is 0.258. The predicted molar refractivity (Wildman–Crippen MR) is 141 cm³/mol. The summed E-state index contributed by atoms with van der Waals surface area (Å²) < 4.78 is 0. The van der Waals surface area contributed by atoms with Gasteiger partial charge in [0.2, 0.25) is 0 Å². The third kappa shape index (κ3) is 6.10. The van der Waals surface area contributed by atoms with Gasteiger partial charge in [0.15, 0.2) is 0 Å². The number of benzene rings is 3. The lowest BCUT2D eigenvalue weighted by Gasteiger charge is -2.32. The molecule has 0 unspecified atom stereocenters. The fourth-order valence-corrected chi connectivity index (χ4v) is 3.88. The Kier molecular flexibility index (Phi) is 8.06. The summed E-state index contributed by atoms with van der Waals surface area (Å²) in [6, 6.07) is 24.1. The van der Waals surface area contributed by atoms with E-state index in [1.165, 1.54) is 35.1 Å². The first-order chi connectivity index (χ1) is 15.9. The van der Waals surface area contributed by atoms with Gasteiger partial charge in [0.1, 0.15) is 0 Å². The normalized spacial score (nSPS) is 14.1. The number of carbonyl (C=O) groups is 1. The Morgan fingerprint density at radius 2 is 1.48 bits per heavy atom. The quantitative estimate of drug-likeness (QED) is 0.406. The minimum atomic E-state index is -0.905. The maximum absolute atomic E-state index is 11.0. The standard InChI is InChI=1S/C27H24O2.C4H10/c1-27(2)17-16-23(21-6-4-3-5-7-21)24-18-20(12-15-25(24)27)9-8-19-10-13-22(14-11-19)26(28)29;1-3-4-2/h3-16,18H,17H2,1-2H3,(H,28,29);3-4H2,1-2H3/b9-8+;. The van der Waals surface area contributed by atoms with Crippen LogP contribution in [-0.2, 0) is 5.41 Å². The highest BCUT2D eigenvalue weighted by Gasteiger charge is 2.28. The van der Waals surface area contributed by atoms with Crippen LogP contribution in [0.3, 0.4) is 0 Å². The van der Waals surface area contributed by atoms with Crippen molar-refractivity contribution in [2.75, 3.05) is 0 Å². The maximum atomic E-state index is 11.0. The van der Waals surface area contributed by atoms with Crippen LogP contribution in [0, 0.1) is 0 Å². The zero-order chi connectivity index (χ0) is 23.8. The lowest BCUT2D eigenvalue weighted by Crippen LogP contribution is -2.21. The molecule has 33 heavy (non-hydrogen) atoms. The molecule has 0 bridgehead atoms. The summed E-state index contributed by atoms with van der Waals surface area (Å²) in [7, 11) is 0. The van der Waals surface area contributed by atoms with E-state index in [1.807, 2.05) is 24.3 Å². The van der Waals surface area contributed by atoms with Crippen LogP contribution in [0.25, 0.3) is 17.7 Å². The number of hydrogen-bond acceptors (Lipinski definition) is 1. The Labute approximate surface area is 198 Å². The van der Waals surface area contributed by atoms with E-state index in [2.05, 4.69) is 82.3 Å². The SMILES string of the molecule is CC1(C)CC=C(c2ccccc2)c2cc(/C=C/c3ccc(C(=O)O)cc3)ccc21.CCCC. The molecule has 0 aromatic heterocycles. The summed E-state index contributed by atoms with van der Waals surface area (Å²) >= 11 is 0. The molecule has 3 aromatic carbocycles. The molecule has 1 aliphatic carbocycles. The first-order valence-corrected chi connectivity index (χ1v) is 11.8. The van der Waals surface area contributed by atoms with Crippen molar-refractivity contribution in [1.29, 1.82) is 0 Å². The van der Waals surface area contributed by atoms with Crippen molar-refractivity contribution in [3.63, 3.8) is 0 Å². The van der Waals surface area contributed by atoms with E-state index in [4.69, 9.17) is 5.11 Å². The molecule has 0 heterocycles. The maximum Gasteiger partial charge on any atom is 0.335 e. The molecule has 2 nitrogen and oxygen atoms in total. The monoisotopic (exact) mass is 438 g/mol. The minimum absolute atomic E-state index is 0.114. The van der Waals surface area contributed by atoms with Crippen LogP contribution in [0.2, 0.25) is 0 Å². The van der Waals surface area contributed by atoms with Crippen molar-refractivity contribution in [2.45, 2.75) is 52.4 Å².